The summed E-state index contributed by atoms with van der Waals surface area (Å²) in [6.07, 6.45) is -0.536. The zero-order valence-electron chi connectivity index (χ0n) is 18.1. The van der Waals surface area contributed by atoms with Crippen molar-refractivity contribution in [2.45, 2.75) is 32.3 Å². The van der Waals surface area contributed by atoms with E-state index in [9.17, 15) is 9.59 Å². The van der Waals surface area contributed by atoms with Crippen LogP contribution >= 0.6 is 0 Å². The number of anilines is 1. The molecule has 3 aliphatic heterocycles. The molecule has 4 atom stereocenters. The number of carbonyl (C=O) groups excluding carboxylic acids is 2. The fourth-order valence-corrected chi connectivity index (χ4v) is 4.71. The summed E-state index contributed by atoms with van der Waals surface area (Å²) in [4.78, 5) is 33.6. The molecule has 1 N–H and O–H groups in total. The van der Waals surface area contributed by atoms with Crippen molar-refractivity contribution in [1.29, 1.82) is 0 Å². The quantitative estimate of drug-likeness (QED) is 0.691. The van der Waals surface area contributed by atoms with Gasteiger partial charge in [0.05, 0.1) is 20.3 Å². The van der Waals surface area contributed by atoms with E-state index in [1.165, 1.54) is 4.90 Å². The van der Waals surface area contributed by atoms with Gasteiger partial charge in [0.15, 0.2) is 0 Å². The van der Waals surface area contributed by atoms with Crippen molar-refractivity contribution in [1.82, 2.24) is 20.0 Å². The van der Waals surface area contributed by atoms with Gasteiger partial charge in [-0.3, -0.25) is 19.9 Å². The summed E-state index contributed by atoms with van der Waals surface area (Å²) >= 11 is 0. The van der Waals surface area contributed by atoms with Crippen molar-refractivity contribution >= 4 is 17.6 Å². The number of benzene rings is 1. The molecule has 9 heteroatoms. The van der Waals surface area contributed by atoms with E-state index >= 15 is 0 Å². The molecule has 3 fully saturated rings. The summed E-state index contributed by atoms with van der Waals surface area (Å²) in [7, 11) is 3.41. The number of likely N-dealkylation sites (N-methyl/N-ethyl adjacent to an activating group) is 1. The minimum absolute atomic E-state index is 0.155. The maximum Gasteiger partial charge on any atom is 0.327 e. The number of ether oxygens (including phenoxy) is 2. The van der Waals surface area contributed by atoms with Crippen LogP contribution in [0.2, 0.25) is 0 Å². The minimum atomic E-state index is -0.421. The van der Waals surface area contributed by atoms with Gasteiger partial charge in [0.2, 0.25) is 0 Å². The second-order valence-corrected chi connectivity index (χ2v) is 8.17. The zero-order valence-corrected chi connectivity index (χ0v) is 18.1. The lowest BCUT2D eigenvalue weighted by Crippen LogP contribution is -2.67. The van der Waals surface area contributed by atoms with E-state index in [-0.39, 0.29) is 30.9 Å². The van der Waals surface area contributed by atoms with E-state index in [4.69, 9.17) is 9.47 Å². The number of amides is 3. The van der Waals surface area contributed by atoms with Crippen molar-refractivity contribution in [2.24, 2.45) is 5.92 Å². The molecule has 3 amide bonds. The second-order valence-electron chi connectivity index (χ2n) is 8.17. The number of imide groups is 1. The Morgan fingerprint density at radius 3 is 2.77 bits per heavy atom. The lowest BCUT2D eigenvalue weighted by atomic mass is 10.0. The number of hydrogen-bond acceptors (Lipinski definition) is 7. The first-order chi connectivity index (χ1) is 14.5. The fourth-order valence-electron chi connectivity index (χ4n) is 4.71. The number of rotatable bonds is 6. The van der Waals surface area contributed by atoms with Gasteiger partial charge in [-0.25, -0.2) is 4.79 Å². The van der Waals surface area contributed by atoms with Gasteiger partial charge in [-0.05, 0) is 25.0 Å². The van der Waals surface area contributed by atoms with Crippen LogP contribution in [0.4, 0.5) is 10.5 Å². The Morgan fingerprint density at radius 1 is 1.23 bits per heavy atom. The molecule has 3 heterocycles. The van der Waals surface area contributed by atoms with Crippen LogP contribution in [0.5, 0.6) is 5.75 Å². The molecular weight excluding hydrogens is 386 g/mol. The highest BCUT2D eigenvalue weighted by Gasteiger charge is 2.56. The molecule has 9 nitrogen and oxygen atoms in total. The van der Waals surface area contributed by atoms with Crippen LogP contribution in [-0.4, -0.2) is 92.1 Å². The van der Waals surface area contributed by atoms with Crippen molar-refractivity contribution < 1.29 is 19.1 Å². The van der Waals surface area contributed by atoms with Gasteiger partial charge in [0, 0.05) is 38.5 Å². The van der Waals surface area contributed by atoms with Crippen molar-refractivity contribution in [2.75, 3.05) is 51.9 Å². The predicted octanol–water partition coefficient (Wildman–Crippen LogP) is 0.965. The molecule has 0 saturated carbocycles. The highest BCUT2D eigenvalue weighted by molar-refractivity contribution is 6.00. The summed E-state index contributed by atoms with van der Waals surface area (Å²) in [6, 6.07) is 7.24. The van der Waals surface area contributed by atoms with E-state index in [1.807, 2.05) is 31.2 Å². The smallest absolute Gasteiger partial charge is 0.327 e. The summed E-state index contributed by atoms with van der Waals surface area (Å²) in [5, 5.41) is 3.54. The lowest BCUT2D eigenvalue weighted by molar-refractivity contribution is -0.139. The number of nitrogens with zero attached hydrogens (tertiary/aromatic N) is 4. The second kappa shape index (κ2) is 8.41. The average Bonchev–Trinajstić information content (AvgIpc) is 3.13. The predicted molar refractivity (Wildman–Crippen MR) is 112 cm³/mol. The normalized spacial score (nSPS) is 29.3. The molecule has 30 heavy (non-hydrogen) atoms. The van der Waals surface area contributed by atoms with Crippen LogP contribution in [0.3, 0.4) is 0 Å². The van der Waals surface area contributed by atoms with E-state index < -0.39 is 6.04 Å². The molecule has 0 radical (unpaired) electrons. The third-order valence-corrected chi connectivity index (χ3v) is 6.13. The molecule has 1 aromatic rings. The number of methoxy groups -OCH3 is 1. The Hall–Kier alpha value is -2.36. The molecule has 0 aromatic heterocycles. The molecule has 0 spiro atoms. The minimum Gasteiger partial charge on any atom is -0.497 e. The first-order valence-corrected chi connectivity index (χ1v) is 10.5. The first kappa shape index (κ1) is 20.9. The van der Waals surface area contributed by atoms with Gasteiger partial charge in [-0.1, -0.05) is 13.0 Å². The molecule has 4 rings (SSSR count). The average molecular weight is 418 g/mol. The molecule has 164 valence electrons. The molecular formula is C21H31N5O4. The van der Waals surface area contributed by atoms with Crippen LogP contribution in [0.25, 0.3) is 0 Å². The van der Waals surface area contributed by atoms with Gasteiger partial charge < -0.3 is 19.3 Å². The topological polar surface area (TPSA) is 77.6 Å². The SMILES string of the molecule is CCOCCN1C(=O)C2C(NC3N(c4cccc(OC)c4)CC(C)CN23)N(C)C1=O. The largest absolute Gasteiger partial charge is 0.497 e. The number of urea groups is 1. The maximum absolute atomic E-state index is 13.4. The van der Waals surface area contributed by atoms with E-state index in [0.717, 1.165) is 24.5 Å². The van der Waals surface area contributed by atoms with Crippen molar-refractivity contribution in [3.05, 3.63) is 24.3 Å². The number of fused-ring (bicyclic) bond motifs is 3. The van der Waals surface area contributed by atoms with E-state index in [1.54, 1.807) is 19.1 Å². The third kappa shape index (κ3) is 3.51. The maximum atomic E-state index is 13.4. The van der Waals surface area contributed by atoms with E-state index in [0.29, 0.717) is 19.1 Å². The number of carbonyl (C=O) groups is 2. The first-order valence-electron chi connectivity index (χ1n) is 10.5. The summed E-state index contributed by atoms with van der Waals surface area (Å²) in [5.41, 5.74) is 1.02. The van der Waals surface area contributed by atoms with Crippen LogP contribution in [0, 0.1) is 5.92 Å². The van der Waals surface area contributed by atoms with Crippen molar-refractivity contribution in [3.63, 3.8) is 0 Å². The van der Waals surface area contributed by atoms with Crippen LogP contribution < -0.4 is 15.0 Å². The van der Waals surface area contributed by atoms with Gasteiger partial charge in [0.25, 0.3) is 5.91 Å². The zero-order chi connectivity index (χ0) is 21.4. The summed E-state index contributed by atoms with van der Waals surface area (Å²) in [6.45, 7) is 6.89. The molecule has 4 unspecified atom stereocenters. The van der Waals surface area contributed by atoms with Gasteiger partial charge in [0.1, 0.15) is 24.2 Å². The van der Waals surface area contributed by atoms with Gasteiger partial charge >= 0.3 is 6.03 Å². The van der Waals surface area contributed by atoms with Crippen molar-refractivity contribution in [3.8, 4) is 5.75 Å². The molecule has 3 saturated heterocycles. The summed E-state index contributed by atoms with van der Waals surface area (Å²) < 4.78 is 10.8. The molecule has 3 aliphatic rings. The molecule has 0 aliphatic carbocycles. The Morgan fingerprint density at radius 2 is 2.03 bits per heavy atom. The molecule has 1 aromatic carbocycles. The highest BCUT2D eigenvalue weighted by atomic mass is 16.5. The summed E-state index contributed by atoms with van der Waals surface area (Å²) in [5.74, 6) is 0.997. The Labute approximate surface area is 177 Å². The highest BCUT2D eigenvalue weighted by Crippen LogP contribution is 2.35. The Bertz CT molecular complexity index is 805. The van der Waals surface area contributed by atoms with Crippen LogP contribution in [0.15, 0.2) is 24.3 Å². The van der Waals surface area contributed by atoms with Gasteiger partial charge in [-0.15, -0.1) is 0 Å². The fraction of sp³-hybridized carbons (Fsp3) is 0.619. The lowest BCUT2D eigenvalue weighted by Gasteiger charge is -2.46. The van der Waals surface area contributed by atoms with Crippen LogP contribution in [-0.2, 0) is 9.53 Å². The van der Waals surface area contributed by atoms with Gasteiger partial charge in [-0.2, -0.15) is 0 Å². The van der Waals surface area contributed by atoms with E-state index in [2.05, 4.69) is 22.0 Å². The number of hydrogen-bond donors (Lipinski definition) is 1. The monoisotopic (exact) mass is 417 g/mol. The number of nitrogens with one attached hydrogen (secondary N) is 1. The standard InChI is InChI=1S/C21H31N5O4/c1-5-30-10-9-24-19(27)17-18(23(3)21(24)28)22-20-25(12-14(2)13-26(17)20)15-7-6-8-16(11-15)29-4/h6-8,11,14,17-18,20,22H,5,9-10,12-13H2,1-4H3. The third-order valence-electron chi connectivity index (χ3n) is 6.13. The Kier molecular flexibility index (Phi) is 5.86. The van der Waals surface area contributed by atoms with Crippen LogP contribution in [0.1, 0.15) is 13.8 Å². The molecule has 0 bridgehead atoms. The Balaban J connectivity index is 1.62.